The first-order valence-electron chi connectivity index (χ1n) is 12.3. The van der Waals surface area contributed by atoms with Crippen LogP contribution in [0.4, 0.5) is 0 Å². The first-order chi connectivity index (χ1) is 18.0. The Kier molecular flexibility index (Phi) is 11.6. The molecule has 2 rings (SSSR count). The van der Waals surface area contributed by atoms with Gasteiger partial charge in [-0.25, -0.2) is 4.79 Å². The summed E-state index contributed by atoms with van der Waals surface area (Å²) in [5, 5.41) is 18.1. The lowest BCUT2D eigenvalue weighted by Crippen LogP contribution is -2.58. The Morgan fingerprint density at radius 3 is 2.26 bits per heavy atom. The molecule has 13 heteroatoms. The highest BCUT2D eigenvalue weighted by molar-refractivity contribution is 7.80. The summed E-state index contributed by atoms with van der Waals surface area (Å²) in [6.07, 6.45) is 1.91. The third-order valence-corrected chi connectivity index (χ3v) is 6.75. The minimum absolute atomic E-state index is 0.0216. The summed E-state index contributed by atoms with van der Waals surface area (Å²) in [5.74, 6) is -4.34. The quantitative estimate of drug-likeness (QED) is 0.141. The molecule has 0 radical (unpaired) electrons. The molecule has 0 bridgehead atoms. The number of carbonyl (C=O) groups excluding carboxylic acids is 4. The molecule has 2 aromatic rings. The number of aromatic amines is 1. The zero-order valence-corrected chi connectivity index (χ0v) is 22.3. The largest absolute Gasteiger partial charge is 0.480 e. The predicted octanol–water partition coefficient (Wildman–Crippen LogP) is -0.182. The minimum Gasteiger partial charge on any atom is -0.480 e. The molecule has 38 heavy (non-hydrogen) atoms. The fraction of sp³-hybridized carbons (Fsp3) is 0.480. The van der Waals surface area contributed by atoms with Crippen molar-refractivity contribution in [1.29, 1.82) is 0 Å². The lowest BCUT2D eigenvalue weighted by atomic mass is 9.97. The van der Waals surface area contributed by atoms with Crippen molar-refractivity contribution >= 4 is 53.1 Å². The van der Waals surface area contributed by atoms with Crippen molar-refractivity contribution in [2.24, 2.45) is 17.4 Å². The molecule has 0 aliphatic heterocycles. The maximum atomic E-state index is 13.4. The van der Waals surface area contributed by atoms with Crippen LogP contribution in [0.1, 0.15) is 38.7 Å². The molecule has 12 nitrogen and oxygen atoms in total. The molecule has 9 N–H and O–H groups in total. The number of aromatic nitrogens is 1. The van der Waals surface area contributed by atoms with Crippen LogP contribution in [0.5, 0.6) is 0 Å². The van der Waals surface area contributed by atoms with Crippen LogP contribution in [-0.4, -0.2) is 69.6 Å². The number of nitrogens with two attached hydrogens (primary N) is 2. The van der Waals surface area contributed by atoms with Crippen molar-refractivity contribution in [2.75, 3.05) is 5.75 Å². The molecule has 0 saturated carbocycles. The second-order valence-electron chi connectivity index (χ2n) is 9.19. The molecule has 0 aliphatic carbocycles. The van der Waals surface area contributed by atoms with Gasteiger partial charge in [0.15, 0.2) is 0 Å². The molecule has 208 valence electrons. The van der Waals surface area contributed by atoms with E-state index < -0.39 is 53.8 Å². The number of rotatable bonds is 15. The van der Waals surface area contributed by atoms with Gasteiger partial charge < -0.3 is 37.5 Å². The number of H-pyrrole nitrogens is 1. The van der Waals surface area contributed by atoms with Gasteiger partial charge in [0, 0.05) is 35.7 Å². The number of nitrogens with one attached hydrogen (secondary N) is 4. The lowest BCUT2D eigenvalue weighted by molar-refractivity contribution is -0.143. The van der Waals surface area contributed by atoms with E-state index >= 15 is 0 Å². The van der Waals surface area contributed by atoms with Crippen molar-refractivity contribution in [1.82, 2.24) is 20.9 Å². The Labute approximate surface area is 226 Å². The van der Waals surface area contributed by atoms with Crippen molar-refractivity contribution in [3.63, 3.8) is 0 Å². The minimum atomic E-state index is -1.22. The molecule has 0 saturated heterocycles. The van der Waals surface area contributed by atoms with Crippen LogP contribution in [0.15, 0.2) is 30.5 Å². The van der Waals surface area contributed by atoms with Gasteiger partial charge in [-0.15, -0.1) is 0 Å². The molecule has 5 atom stereocenters. The van der Waals surface area contributed by atoms with E-state index in [-0.39, 0.29) is 30.9 Å². The summed E-state index contributed by atoms with van der Waals surface area (Å²) in [4.78, 5) is 65.3. The van der Waals surface area contributed by atoms with Gasteiger partial charge in [0.1, 0.15) is 18.1 Å². The van der Waals surface area contributed by atoms with Crippen LogP contribution >= 0.6 is 12.6 Å². The first kappa shape index (κ1) is 30.6. The van der Waals surface area contributed by atoms with Crippen molar-refractivity contribution in [3.8, 4) is 0 Å². The third-order valence-electron chi connectivity index (χ3n) is 6.35. The molecule has 5 unspecified atom stereocenters. The van der Waals surface area contributed by atoms with Crippen LogP contribution in [0.3, 0.4) is 0 Å². The normalized spacial score (nSPS) is 15.1. The number of benzene rings is 1. The zero-order chi connectivity index (χ0) is 28.4. The predicted molar refractivity (Wildman–Crippen MR) is 145 cm³/mol. The average Bonchev–Trinajstić information content (AvgIpc) is 3.30. The number of carboxylic acid groups (broad SMARTS) is 1. The highest BCUT2D eigenvalue weighted by atomic mass is 32.1. The number of carbonyl (C=O) groups is 5. The number of amides is 4. The van der Waals surface area contributed by atoms with Gasteiger partial charge in [-0.1, -0.05) is 38.5 Å². The molecule has 0 fully saturated rings. The van der Waals surface area contributed by atoms with Gasteiger partial charge in [-0.3, -0.25) is 19.2 Å². The van der Waals surface area contributed by atoms with E-state index in [4.69, 9.17) is 11.5 Å². The number of para-hydroxylation sites is 1. The van der Waals surface area contributed by atoms with E-state index in [0.29, 0.717) is 12.0 Å². The average molecular weight is 549 g/mol. The van der Waals surface area contributed by atoms with Crippen molar-refractivity contribution < 1.29 is 29.1 Å². The Balaban J connectivity index is 2.35. The number of fused-ring (bicyclic) bond motifs is 1. The summed E-state index contributed by atoms with van der Waals surface area (Å²) in [6.45, 7) is 3.51. The van der Waals surface area contributed by atoms with E-state index in [1.54, 1.807) is 20.0 Å². The van der Waals surface area contributed by atoms with Gasteiger partial charge in [-0.2, -0.15) is 12.6 Å². The van der Waals surface area contributed by atoms with Gasteiger partial charge in [0.25, 0.3) is 0 Å². The molecule has 1 aromatic heterocycles. The van der Waals surface area contributed by atoms with Crippen LogP contribution in [0.2, 0.25) is 0 Å². The highest BCUT2D eigenvalue weighted by Crippen LogP contribution is 2.20. The van der Waals surface area contributed by atoms with Crippen LogP contribution in [-0.2, 0) is 30.4 Å². The monoisotopic (exact) mass is 548 g/mol. The Bertz CT molecular complexity index is 1150. The standard InChI is InChI=1S/C25H36N6O6S/c1-3-13(2)21(25(36)37)31-24(35)19(10-14-11-28-17-7-5-4-6-15(14)17)30-23(34)18(8-9-20(27)32)29-22(33)16(26)12-38/h4-7,11,13,16,18-19,21,28,38H,3,8-10,12,26H2,1-2H3,(H2,27,32)(H,29,33)(H,30,34)(H,31,35)(H,36,37). The molecular formula is C25H36N6O6S. The number of primary amides is 1. The summed E-state index contributed by atoms with van der Waals surface area (Å²) in [5.41, 5.74) is 12.5. The van der Waals surface area contributed by atoms with Crippen molar-refractivity contribution in [2.45, 2.75) is 63.7 Å². The number of hydrogen-bond donors (Lipinski definition) is 8. The van der Waals surface area contributed by atoms with E-state index in [2.05, 4.69) is 33.6 Å². The Morgan fingerprint density at radius 2 is 1.66 bits per heavy atom. The van der Waals surface area contributed by atoms with E-state index in [1.165, 1.54) is 0 Å². The highest BCUT2D eigenvalue weighted by Gasteiger charge is 2.32. The molecule has 1 heterocycles. The van der Waals surface area contributed by atoms with E-state index in [9.17, 15) is 29.1 Å². The number of carboxylic acids is 1. The van der Waals surface area contributed by atoms with Gasteiger partial charge in [0.05, 0.1) is 6.04 Å². The Morgan fingerprint density at radius 1 is 1.03 bits per heavy atom. The second kappa shape index (κ2) is 14.4. The fourth-order valence-corrected chi connectivity index (χ4v) is 4.02. The topological polar surface area (TPSA) is 210 Å². The summed E-state index contributed by atoms with van der Waals surface area (Å²) >= 11 is 3.98. The first-order valence-corrected chi connectivity index (χ1v) is 12.9. The lowest BCUT2D eigenvalue weighted by Gasteiger charge is -2.26. The second-order valence-corrected chi connectivity index (χ2v) is 9.56. The van der Waals surface area contributed by atoms with Crippen molar-refractivity contribution in [3.05, 3.63) is 36.0 Å². The summed E-state index contributed by atoms with van der Waals surface area (Å²) in [7, 11) is 0. The molecule has 1 aromatic carbocycles. The number of thiol groups is 1. The fourth-order valence-electron chi connectivity index (χ4n) is 3.86. The number of hydrogen-bond acceptors (Lipinski definition) is 7. The zero-order valence-electron chi connectivity index (χ0n) is 21.4. The molecular weight excluding hydrogens is 512 g/mol. The third kappa shape index (κ3) is 8.48. The molecule has 4 amide bonds. The Hall–Kier alpha value is -3.58. The summed E-state index contributed by atoms with van der Waals surface area (Å²) in [6, 6.07) is 2.80. The number of aliphatic carboxylic acids is 1. The molecule has 0 aliphatic rings. The van der Waals surface area contributed by atoms with E-state index in [0.717, 1.165) is 10.9 Å². The van der Waals surface area contributed by atoms with Crippen LogP contribution in [0, 0.1) is 5.92 Å². The molecule has 0 spiro atoms. The maximum Gasteiger partial charge on any atom is 0.326 e. The van der Waals surface area contributed by atoms with Gasteiger partial charge in [0.2, 0.25) is 23.6 Å². The summed E-state index contributed by atoms with van der Waals surface area (Å²) < 4.78 is 0. The SMILES string of the molecule is CCC(C)C(NC(=O)C(Cc1c[nH]c2ccccc12)NC(=O)C(CCC(N)=O)NC(=O)C(N)CS)C(=O)O. The van der Waals surface area contributed by atoms with Crippen LogP contribution in [0.25, 0.3) is 10.9 Å². The van der Waals surface area contributed by atoms with Gasteiger partial charge in [-0.05, 0) is 24.0 Å². The van der Waals surface area contributed by atoms with Gasteiger partial charge >= 0.3 is 5.97 Å². The maximum absolute atomic E-state index is 13.4. The van der Waals surface area contributed by atoms with Crippen LogP contribution < -0.4 is 27.4 Å². The van der Waals surface area contributed by atoms with E-state index in [1.807, 2.05) is 24.3 Å². The smallest absolute Gasteiger partial charge is 0.326 e.